The maximum Gasteiger partial charge on any atom is 0.163 e. The molecule has 0 atom stereocenters. The van der Waals surface area contributed by atoms with Crippen LogP contribution in [0.3, 0.4) is 0 Å². The second-order valence-electron chi connectivity index (χ2n) is 7.03. The van der Waals surface area contributed by atoms with E-state index in [0.717, 1.165) is 47.0 Å². The molecule has 28 heavy (non-hydrogen) atoms. The van der Waals surface area contributed by atoms with E-state index in [-0.39, 0.29) is 0 Å². The maximum absolute atomic E-state index is 6.05. The number of hydrogen-bond acceptors (Lipinski definition) is 5. The van der Waals surface area contributed by atoms with Crippen LogP contribution in [0.5, 0.6) is 0 Å². The van der Waals surface area contributed by atoms with Gasteiger partial charge in [-0.3, -0.25) is 4.98 Å². The zero-order valence-electron chi connectivity index (χ0n) is 15.8. The zero-order valence-corrected chi connectivity index (χ0v) is 16.6. The summed E-state index contributed by atoms with van der Waals surface area (Å²) in [6.45, 7) is 4.47. The first-order chi connectivity index (χ1) is 13.8. The fraction of sp³-hybridized carbons (Fsp3) is 0.318. The average Bonchev–Trinajstić information content (AvgIpc) is 3.26. The van der Waals surface area contributed by atoms with Gasteiger partial charge in [-0.15, -0.1) is 0 Å². The van der Waals surface area contributed by atoms with Gasteiger partial charge in [-0.2, -0.15) is 0 Å². The van der Waals surface area contributed by atoms with Crippen molar-refractivity contribution >= 4 is 17.4 Å². The van der Waals surface area contributed by atoms with Crippen molar-refractivity contribution in [1.82, 2.24) is 19.9 Å². The first-order valence-corrected chi connectivity index (χ1v) is 10.2. The minimum absolute atomic E-state index is 0.674. The van der Waals surface area contributed by atoms with Gasteiger partial charge in [0.2, 0.25) is 0 Å². The van der Waals surface area contributed by atoms with Crippen molar-refractivity contribution in [2.75, 3.05) is 31.5 Å². The van der Waals surface area contributed by atoms with Gasteiger partial charge in [0.15, 0.2) is 5.82 Å². The summed E-state index contributed by atoms with van der Waals surface area (Å²) in [6, 6.07) is 11.7. The van der Waals surface area contributed by atoms with E-state index < -0.39 is 0 Å². The smallest absolute Gasteiger partial charge is 0.163 e. The van der Waals surface area contributed by atoms with Crippen molar-refractivity contribution in [3.8, 4) is 22.5 Å². The number of likely N-dealkylation sites (tertiary alicyclic amines) is 1. The lowest BCUT2D eigenvalue weighted by Crippen LogP contribution is -2.22. The molecule has 0 unspecified atom stereocenters. The second-order valence-corrected chi connectivity index (χ2v) is 7.47. The van der Waals surface area contributed by atoms with Gasteiger partial charge in [0.1, 0.15) is 5.82 Å². The molecule has 5 nitrogen and oxygen atoms in total. The van der Waals surface area contributed by atoms with Crippen molar-refractivity contribution in [1.29, 1.82) is 0 Å². The standard InChI is InChI=1S/C22H24ClN5/c23-19-8-6-17(7-9-19)20-16-26-21(18-5-3-10-24-15-18)27-22(20)25-11-4-14-28-12-1-2-13-28/h3,5-10,15-16H,1-2,4,11-14H2,(H,25,26,27). The quantitative estimate of drug-likeness (QED) is 0.586. The normalized spacial score (nSPS) is 14.3. The highest BCUT2D eigenvalue weighted by Crippen LogP contribution is 2.29. The fourth-order valence-electron chi connectivity index (χ4n) is 3.51. The summed E-state index contributed by atoms with van der Waals surface area (Å²) in [6.07, 6.45) is 9.16. The molecule has 1 fully saturated rings. The zero-order chi connectivity index (χ0) is 19.2. The molecule has 0 bridgehead atoms. The highest BCUT2D eigenvalue weighted by molar-refractivity contribution is 6.30. The Morgan fingerprint density at radius 3 is 2.57 bits per heavy atom. The van der Waals surface area contributed by atoms with E-state index in [0.29, 0.717) is 5.82 Å². The Kier molecular flexibility index (Phi) is 6.14. The van der Waals surface area contributed by atoms with E-state index in [1.165, 1.54) is 25.9 Å². The second kappa shape index (κ2) is 9.13. The SMILES string of the molecule is Clc1ccc(-c2cnc(-c3cccnc3)nc2NCCCN2CCCC2)cc1. The highest BCUT2D eigenvalue weighted by Gasteiger charge is 2.13. The monoisotopic (exact) mass is 393 g/mol. The summed E-state index contributed by atoms with van der Waals surface area (Å²) in [7, 11) is 0. The predicted molar refractivity (Wildman–Crippen MR) is 114 cm³/mol. The summed E-state index contributed by atoms with van der Waals surface area (Å²) >= 11 is 6.05. The molecule has 6 heteroatoms. The van der Waals surface area contributed by atoms with Crippen molar-refractivity contribution in [2.24, 2.45) is 0 Å². The van der Waals surface area contributed by atoms with Crippen LogP contribution in [0.25, 0.3) is 22.5 Å². The van der Waals surface area contributed by atoms with Gasteiger partial charge in [-0.05, 0) is 68.7 Å². The number of anilines is 1. The molecular formula is C22H24ClN5. The number of nitrogens with one attached hydrogen (secondary N) is 1. The van der Waals surface area contributed by atoms with Crippen LogP contribution in [-0.4, -0.2) is 46.0 Å². The van der Waals surface area contributed by atoms with E-state index in [1.54, 1.807) is 12.4 Å². The number of hydrogen-bond donors (Lipinski definition) is 1. The van der Waals surface area contributed by atoms with E-state index in [9.17, 15) is 0 Å². The lowest BCUT2D eigenvalue weighted by atomic mass is 10.1. The molecule has 1 aromatic carbocycles. The number of aromatic nitrogens is 3. The van der Waals surface area contributed by atoms with Crippen molar-refractivity contribution < 1.29 is 0 Å². The molecule has 0 radical (unpaired) electrons. The molecule has 1 aliphatic rings. The topological polar surface area (TPSA) is 53.9 Å². The van der Waals surface area contributed by atoms with E-state index in [2.05, 4.69) is 20.2 Å². The van der Waals surface area contributed by atoms with Gasteiger partial charge >= 0.3 is 0 Å². The third-order valence-corrected chi connectivity index (χ3v) is 5.26. The van der Waals surface area contributed by atoms with Crippen LogP contribution in [-0.2, 0) is 0 Å². The minimum atomic E-state index is 0.674. The summed E-state index contributed by atoms with van der Waals surface area (Å²) in [5.74, 6) is 1.52. The molecule has 0 amide bonds. The first kappa shape index (κ1) is 18.8. The number of benzene rings is 1. The predicted octanol–water partition coefficient (Wildman–Crippen LogP) is 4.76. The van der Waals surface area contributed by atoms with E-state index in [4.69, 9.17) is 16.6 Å². The number of pyridine rings is 1. The molecule has 1 aliphatic heterocycles. The van der Waals surface area contributed by atoms with Gasteiger partial charge < -0.3 is 10.2 Å². The van der Waals surface area contributed by atoms with Crippen molar-refractivity contribution in [2.45, 2.75) is 19.3 Å². The third-order valence-electron chi connectivity index (χ3n) is 5.01. The summed E-state index contributed by atoms with van der Waals surface area (Å²) in [5.41, 5.74) is 2.93. The highest BCUT2D eigenvalue weighted by atomic mass is 35.5. The van der Waals surface area contributed by atoms with E-state index >= 15 is 0 Å². The van der Waals surface area contributed by atoms with Gasteiger partial charge in [-0.25, -0.2) is 9.97 Å². The van der Waals surface area contributed by atoms with E-state index in [1.807, 2.05) is 42.6 Å². The Labute approximate surface area is 170 Å². The number of rotatable bonds is 7. The maximum atomic E-state index is 6.05. The molecule has 0 spiro atoms. The Morgan fingerprint density at radius 2 is 1.82 bits per heavy atom. The third kappa shape index (κ3) is 4.66. The Hall–Kier alpha value is -2.50. The molecular weight excluding hydrogens is 370 g/mol. The van der Waals surface area contributed by atoms with Crippen LogP contribution in [0.15, 0.2) is 55.0 Å². The Bertz CT molecular complexity index is 893. The fourth-order valence-corrected chi connectivity index (χ4v) is 3.63. The lowest BCUT2D eigenvalue weighted by molar-refractivity contribution is 0.337. The van der Waals surface area contributed by atoms with Crippen molar-refractivity contribution in [3.63, 3.8) is 0 Å². The van der Waals surface area contributed by atoms with Crippen LogP contribution in [0, 0.1) is 0 Å². The van der Waals surface area contributed by atoms with Gasteiger partial charge in [0, 0.05) is 41.3 Å². The molecule has 0 saturated carbocycles. The molecule has 3 aromatic rings. The lowest BCUT2D eigenvalue weighted by Gasteiger charge is -2.16. The van der Waals surface area contributed by atoms with Crippen LogP contribution in [0.2, 0.25) is 5.02 Å². The summed E-state index contributed by atoms with van der Waals surface area (Å²) in [5, 5.41) is 4.25. The molecule has 2 aromatic heterocycles. The Morgan fingerprint density at radius 1 is 1.00 bits per heavy atom. The molecule has 144 valence electrons. The van der Waals surface area contributed by atoms with Gasteiger partial charge in [-0.1, -0.05) is 23.7 Å². The molecule has 0 aliphatic carbocycles. The number of halogens is 1. The van der Waals surface area contributed by atoms with Gasteiger partial charge in [0.05, 0.1) is 0 Å². The van der Waals surface area contributed by atoms with Crippen LogP contribution >= 0.6 is 11.6 Å². The van der Waals surface area contributed by atoms with Crippen molar-refractivity contribution in [3.05, 3.63) is 60.0 Å². The molecule has 4 rings (SSSR count). The summed E-state index contributed by atoms with van der Waals surface area (Å²) < 4.78 is 0. The van der Waals surface area contributed by atoms with Crippen LogP contribution in [0.4, 0.5) is 5.82 Å². The number of nitrogens with zero attached hydrogens (tertiary/aromatic N) is 4. The first-order valence-electron chi connectivity index (χ1n) is 9.79. The molecule has 1 N–H and O–H groups in total. The average molecular weight is 394 g/mol. The minimum Gasteiger partial charge on any atom is -0.369 e. The largest absolute Gasteiger partial charge is 0.369 e. The van der Waals surface area contributed by atoms with Crippen LogP contribution in [0.1, 0.15) is 19.3 Å². The van der Waals surface area contributed by atoms with Gasteiger partial charge in [0.25, 0.3) is 0 Å². The molecule has 3 heterocycles. The molecule has 1 saturated heterocycles. The Balaban J connectivity index is 1.55. The summed E-state index contributed by atoms with van der Waals surface area (Å²) in [4.78, 5) is 16.1. The van der Waals surface area contributed by atoms with Crippen LogP contribution < -0.4 is 5.32 Å².